The van der Waals surface area contributed by atoms with Gasteiger partial charge in [0.2, 0.25) is 5.91 Å². The Morgan fingerprint density at radius 2 is 2.29 bits per heavy atom. The molecule has 2 rings (SSSR count). The smallest absolute Gasteiger partial charge is 0.237 e. The lowest BCUT2D eigenvalue weighted by atomic mass is 10.1. The molecule has 74 valence electrons. The van der Waals surface area contributed by atoms with E-state index in [1.807, 2.05) is 23.1 Å². The van der Waals surface area contributed by atoms with Crippen LogP contribution in [0.4, 0.5) is 5.69 Å². The van der Waals surface area contributed by atoms with Crippen molar-refractivity contribution in [3.63, 3.8) is 0 Å². The maximum atomic E-state index is 11.7. The monoisotopic (exact) mass is 253 g/mol. The van der Waals surface area contributed by atoms with E-state index < -0.39 is 0 Å². The van der Waals surface area contributed by atoms with Crippen molar-refractivity contribution in [2.45, 2.75) is 19.4 Å². The number of fused-ring (bicyclic) bond motifs is 1. The first-order valence-electron chi connectivity index (χ1n) is 4.70. The van der Waals surface area contributed by atoms with Gasteiger partial charge >= 0.3 is 0 Å². The standard InChI is InChI=1S/C11H12BrNO/c1-8-6-9-4-2-3-5-10(9)13(8)11(14)7-12/h2-5,8H,6-7H2,1H3. The summed E-state index contributed by atoms with van der Waals surface area (Å²) in [5, 5.41) is 0.395. The minimum absolute atomic E-state index is 0.141. The lowest BCUT2D eigenvalue weighted by Crippen LogP contribution is -2.36. The van der Waals surface area contributed by atoms with Crippen molar-refractivity contribution in [1.29, 1.82) is 0 Å². The zero-order valence-electron chi connectivity index (χ0n) is 8.03. The molecule has 0 radical (unpaired) electrons. The quantitative estimate of drug-likeness (QED) is 0.704. The van der Waals surface area contributed by atoms with Crippen LogP contribution in [0.3, 0.4) is 0 Å². The highest BCUT2D eigenvalue weighted by Crippen LogP contribution is 2.31. The molecule has 0 fully saturated rings. The van der Waals surface area contributed by atoms with Crippen LogP contribution >= 0.6 is 15.9 Å². The van der Waals surface area contributed by atoms with Crippen molar-refractivity contribution in [2.24, 2.45) is 0 Å². The summed E-state index contributed by atoms with van der Waals surface area (Å²) >= 11 is 3.21. The van der Waals surface area contributed by atoms with Crippen molar-refractivity contribution in [1.82, 2.24) is 0 Å². The first-order chi connectivity index (χ1) is 6.74. The Morgan fingerprint density at radius 1 is 1.57 bits per heavy atom. The molecule has 1 aromatic carbocycles. The number of anilines is 1. The summed E-state index contributed by atoms with van der Waals surface area (Å²) in [6.07, 6.45) is 0.967. The van der Waals surface area contributed by atoms with Gasteiger partial charge in [0.25, 0.3) is 0 Å². The second-order valence-electron chi connectivity index (χ2n) is 3.58. The molecule has 1 aliphatic rings. The number of rotatable bonds is 1. The van der Waals surface area contributed by atoms with Crippen molar-refractivity contribution in [3.8, 4) is 0 Å². The second kappa shape index (κ2) is 3.73. The molecule has 3 heteroatoms. The van der Waals surface area contributed by atoms with Crippen LogP contribution in [-0.4, -0.2) is 17.3 Å². The number of carbonyl (C=O) groups excluding carboxylic acids is 1. The summed E-state index contributed by atoms with van der Waals surface area (Å²) in [5.41, 5.74) is 2.35. The van der Waals surface area contributed by atoms with E-state index in [-0.39, 0.29) is 11.9 Å². The van der Waals surface area contributed by atoms with Crippen LogP contribution in [0.1, 0.15) is 12.5 Å². The highest BCUT2D eigenvalue weighted by atomic mass is 79.9. The number of nitrogens with zero attached hydrogens (tertiary/aromatic N) is 1. The Labute approximate surface area is 92.0 Å². The van der Waals surface area contributed by atoms with Crippen molar-refractivity contribution < 1.29 is 4.79 Å². The maximum Gasteiger partial charge on any atom is 0.237 e. The fourth-order valence-electron chi connectivity index (χ4n) is 2.01. The number of benzene rings is 1. The van der Waals surface area contributed by atoms with Crippen LogP contribution in [0.2, 0.25) is 0 Å². The summed E-state index contributed by atoms with van der Waals surface area (Å²) in [6, 6.07) is 8.39. The highest BCUT2D eigenvalue weighted by Gasteiger charge is 2.29. The molecule has 1 amide bonds. The normalized spacial score (nSPS) is 19.6. The van der Waals surface area contributed by atoms with Gasteiger partial charge in [0.05, 0.1) is 5.33 Å². The molecule has 0 saturated carbocycles. The zero-order valence-corrected chi connectivity index (χ0v) is 9.62. The minimum Gasteiger partial charge on any atom is -0.308 e. The molecule has 0 saturated heterocycles. The summed E-state index contributed by atoms with van der Waals surface area (Å²) in [4.78, 5) is 13.5. The molecule has 0 spiro atoms. The van der Waals surface area contributed by atoms with Crippen molar-refractivity contribution in [2.75, 3.05) is 10.2 Å². The Bertz CT molecular complexity index is 364. The molecular formula is C11H12BrNO. The molecule has 0 aliphatic carbocycles. The van der Waals surface area contributed by atoms with E-state index in [0.29, 0.717) is 5.33 Å². The van der Waals surface area contributed by atoms with Gasteiger partial charge in [0, 0.05) is 11.7 Å². The Kier molecular flexibility index (Phi) is 2.59. The van der Waals surface area contributed by atoms with Crippen LogP contribution in [0, 0.1) is 0 Å². The van der Waals surface area contributed by atoms with Crippen LogP contribution in [0.25, 0.3) is 0 Å². The highest BCUT2D eigenvalue weighted by molar-refractivity contribution is 9.09. The van der Waals surface area contributed by atoms with Crippen molar-refractivity contribution in [3.05, 3.63) is 29.8 Å². The zero-order chi connectivity index (χ0) is 10.1. The Balaban J connectivity index is 2.39. The first-order valence-corrected chi connectivity index (χ1v) is 5.82. The number of halogens is 1. The molecule has 1 aliphatic heterocycles. The molecule has 0 aromatic heterocycles. The van der Waals surface area contributed by atoms with Gasteiger partial charge in [0.1, 0.15) is 0 Å². The van der Waals surface area contributed by atoms with E-state index >= 15 is 0 Å². The Morgan fingerprint density at radius 3 is 3.00 bits per heavy atom. The van der Waals surface area contributed by atoms with E-state index in [9.17, 15) is 4.79 Å². The van der Waals surface area contributed by atoms with E-state index in [1.54, 1.807) is 0 Å². The van der Waals surface area contributed by atoms with E-state index in [4.69, 9.17) is 0 Å². The van der Waals surface area contributed by atoms with Crippen LogP contribution in [0.5, 0.6) is 0 Å². The lowest BCUT2D eigenvalue weighted by Gasteiger charge is -2.21. The number of alkyl halides is 1. The number of hydrogen-bond acceptors (Lipinski definition) is 1. The SMILES string of the molecule is CC1Cc2ccccc2N1C(=O)CBr. The molecule has 1 unspecified atom stereocenters. The van der Waals surface area contributed by atoms with Gasteiger partial charge in [-0.1, -0.05) is 34.1 Å². The molecule has 14 heavy (non-hydrogen) atoms. The summed E-state index contributed by atoms with van der Waals surface area (Å²) in [6.45, 7) is 2.08. The average molecular weight is 254 g/mol. The lowest BCUT2D eigenvalue weighted by molar-refractivity contribution is -0.116. The molecule has 2 nitrogen and oxygen atoms in total. The van der Waals surface area contributed by atoms with Crippen LogP contribution in [-0.2, 0) is 11.2 Å². The fourth-order valence-corrected chi connectivity index (χ4v) is 2.28. The third kappa shape index (κ3) is 1.46. The number of hydrogen-bond donors (Lipinski definition) is 0. The molecule has 0 bridgehead atoms. The number of carbonyl (C=O) groups is 1. The Hall–Kier alpha value is -0.830. The predicted octanol–water partition coefficient (Wildman–Crippen LogP) is 2.36. The van der Waals surface area contributed by atoms with Crippen molar-refractivity contribution >= 4 is 27.5 Å². The summed E-state index contributed by atoms with van der Waals surface area (Å²) in [7, 11) is 0. The van der Waals surface area contributed by atoms with Gasteiger partial charge in [0.15, 0.2) is 0 Å². The first kappa shape index (κ1) is 9.71. The largest absolute Gasteiger partial charge is 0.308 e. The topological polar surface area (TPSA) is 20.3 Å². The minimum atomic E-state index is 0.141. The summed E-state index contributed by atoms with van der Waals surface area (Å²) < 4.78 is 0. The second-order valence-corrected chi connectivity index (χ2v) is 4.14. The van der Waals surface area contributed by atoms with Gasteiger partial charge in [-0.3, -0.25) is 4.79 Å². The van der Waals surface area contributed by atoms with Gasteiger partial charge in [-0.25, -0.2) is 0 Å². The van der Waals surface area contributed by atoms with Gasteiger partial charge < -0.3 is 4.90 Å². The fraction of sp³-hybridized carbons (Fsp3) is 0.364. The van der Waals surface area contributed by atoms with E-state index in [0.717, 1.165) is 12.1 Å². The molecule has 1 atom stereocenters. The predicted molar refractivity (Wildman–Crippen MR) is 60.9 cm³/mol. The molecular weight excluding hydrogens is 242 g/mol. The van der Waals surface area contributed by atoms with Gasteiger partial charge in [-0.05, 0) is 25.0 Å². The van der Waals surface area contributed by atoms with E-state index in [1.165, 1.54) is 5.56 Å². The van der Waals surface area contributed by atoms with Gasteiger partial charge in [-0.2, -0.15) is 0 Å². The third-order valence-electron chi connectivity index (χ3n) is 2.59. The van der Waals surface area contributed by atoms with Crippen LogP contribution < -0.4 is 4.90 Å². The van der Waals surface area contributed by atoms with Crippen LogP contribution in [0.15, 0.2) is 24.3 Å². The van der Waals surface area contributed by atoms with Gasteiger partial charge in [-0.15, -0.1) is 0 Å². The molecule has 0 N–H and O–H groups in total. The summed E-state index contributed by atoms with van der Waals surface area (Å²) in [5.74, 6) is 0.141. The van der Waals surface area contributed by atoms with E-state index in [2.05, 4.69) is 28.9 Å². The number of para-hydroxylation sites is 1. The average Bonchev–Trinajstić information content (AvgIpc) is 2.53. The third-order valence-corrected chi connectivity index (χ3v) is 3.07. The molecule has 1 heterocycles. The maximum absolute atomic E-state index is 11.7. The number of amides is 1. The molecule has 1 aromatic rings.